The number of nitrogens with zero attached hydrogens (tertiary/aromatic N) is 3. The van der Waals surface area contributed by atoms with Gasteiger partial charge in [0.05, 0.1) is 23.2 Å². The van der Waals surface area contributed by atoms with Crippen LogP contribution in [-0.4, -0.2) is 32.2 Å². The van der Waals surface area contributed by atoms with Crippen LogP contribution < -0.4 is 0 Å². The zero-order chi connectivity index (χ0) is 16.1. The minimum Gasteiger partial charge on any atom is -0.465 e. The molecule has 0 spiro atoms. The Balaban J connectivity index is 1.84. The van der Waals surface area contributed by atoms with Gasteiger partial charge in [-0.2, -0.15) is 0 Å². The average molecular weight is 335 g/mol. The summed E-state index contributed by atoms with van der Waals surface area (Å²) >= 11 is 1.46. The summed E-state index contributed by atoms with van der Waals surface area (Å²) < 4.78 is 7.14. The van der Waals surface area contributed by atoms with Crippen LogP contribution in [0, 0.1) is 0 Å². The van der Waals surface area contributed by atoms with Crippen LogP contribution in [0.4, 0.5) is 0 Å². The molecule has 0 saturated carbocycles. The summed E-state index contributed by atoms with van der Waals surface area (Å²) in [5.74, 6) is -0.160. The number of hydrogen-bond donors (Lipinski definition) is 0. The van der Waals surface area contributed by atoms with E-state index >= 15 is 0 Å². The highest BCUT2D eigenvalue weighted by molar-refractivity contribution is 8.00. The summed E-state index contributed by atoms with van der Waals surface area (Å²) in [6.07, 6.45) is 0.714. The van der Waals surface area contributed by atoms with E-state index in [1.54, 1.807) is 0 Å². The summed E-state index contributed by atoms with van der Waals surface area (Å²) in [5, 5.41) is 1.58. The Morgan fingerprint density at radius 3 is 2.67 bits per heavy atom. The van der Waals surface area contributed by atoms with Gasteiger partial charge in [-0.1, -0.05) is 36.0 Å². The Bertz CT molecular complexity index is 1110. The Morgan fingerprint density at radius 1 is 1.04 bits per heavy atom. The summed E-state index contributed by atoms with van der Waals surface area (Å²) in [5.41, 5.74) is 3.68. The Kier molecular flexibility index (Phi) is 2.99. The number of esters is 1. The van der Waals surface area contributed by atoms with E-state index in [9.17, 15) is 4.79 Å². The summed E-state index contributed by atoms with van der Waals surface area (Å²) in [4.78, 5) is 21.5. The molecular formula is C18H13N3O2S. The molecule has 0 N–H and O–H groups in total. The number of ether oxygens (including phenoxy) is 1. The van der Waals surface area contributed by atoms with Gasteiger partial charge < -0.3 is 4.74 Å². The van der Waals surface area contributed by atoms with Crippen molar-refractivity contribution in [2.75, 3.05) is 6.61 Å². The zero-order valence-corrected chi connectivity index (χ0v) is 13.5. The molecule has 1 fully saturated rings. The van der Waals surface area contributed by atoms with Gasteiger partial charge >= 0.3 is 5.97 Å². The van der Waals surface area contributed by atoms with Gasteiger partial charge in [0.15, 0.2) is 5.16 Å². The molecule has 2 aromatic heterocycles. The lowest BCUT2D eigenvalue weighted by atomic mass is 10.2. The second-order valence-electron chi connectivity index (χ2n) is 5.73. The molecule has 6 heteroatoms. The average Bonchev–Trinajstić information content (AvgIpc) is 3.19. The van der Waals surface area contributed by atoms with E-state index in [4.69, 9.17) is 14.7 Å². The van der Waals surface area contributed by atoms with Crippen LogP contribution in [0.25, 0.3) is 27.6 Å². The molecule has 1 aliphatic heterocycles. The maximum atomic E-state index is 11.9. The molecule has 5 rings (SSSR count). The molecule has 5 nitrogen and oxygen atoms in total. The molecule has 1 aliphatic rings. The van der Waals surface area contributed by atoms with Crippen LogP contribution in [0.3, 0.4) is 0 Å². The van der Waals surface area contributed by atoms with Gasteiger partial charge in [0.1, 0.15) is 10.9 Å². The van der Waals surface area contributed by atoms with Crippen molar-refractivity contribution in [3.8, 4) is 0 Å². The number of benzene rings is 2. The highest BCUT2D eigenvalue weighted by Crippen LogP contribution is 2.33. The van der Waals surface area contributed by atoms with Crippen molar-refractivity contribution in [2.45, 2.75) is 16.8 Å². The molecule has 0 amide bonds. The summed E-state index contributed by atoms with van der Waals surface area (Å²) in [7, 11) is 0. The number of aromatic nitrogens is 3. The highest BCUT2D eigenvalue weighted by atomic mass is 32.2. The molecule has 2 aromatic carbocycles. The van der Waals surface area contributed by atoms with E-state index in [1.165, 1.54) is 11.8 Å². The van der Waals surface area contributed by atoms with Crippen molar-refractivity contribution in [3.63, 3.8) is 0 Å². The molecule has 0 aliphatic carbocycles. The van der Waals surface area contributed by atoms with Crippen molar-refractivity contribution in [2.24, 2.45) is 0 Å². The maximum Gasteiger partial charge on any atom is 0.319 e. The van der Waals surface area contributed by atoms with Crippen molar-refractivity contribution >= 4 is 45.3 Å². The Hall–Kier alpha value is -2.60. The topological polar surface area (TPSA) is 56.5 Å². The van der Waals surface area contributed by atoms with Gasteiger partial charge in [-0.3, -0.25) is 9.20 Å². The third-order valence-corrected chi connectivity index (χ3v) is 5.45. The SMILES string of the molecule is O=C1OCCC1Sc1nc2ccccc2c2nc3ccccc3n12. The quantitative estimate of drug-likeness (QED) is 0.415. The van der Waals surface area contributed by atoms with Crippen molar-refractivity contribution in [3.05, 3.63) is 48.5 Å². The predicted molar refractivity (Wildman–Crippen MR) is 93.2 cm³/mol. The minimum atomic E-state index is -0.206. The first-order chi connectivity index (χ1) is 11.8. The number of hydrogen-bond acceptors (Lipinski definition) is 5. The third kappa shape index (κ3) is 1.99. The molecule has 24 heavy (non-hydrogen) atoms. The lowest BCUT2D eigenvalue weighted by Gasteiger charge is -2.10. The number of imidazole rings is 1. The van der Waals surface area contributed by atoms with Crippen LogP contribution in [0.15, 0.2) is 53.7 Å². The second kappa shape index (κ2) is 5.21. The Labute approximate surface area is 141 Å². The zero-order valence-electron chi connectivity index (χ0n) is 12.7. The van der Waals surface area contributed by atoms with Crippen LogP contribution >= 0.6 is 11.8 Å². The van der Waals surface area contributed by atoms with Crippen LogP contribution in [0.5, 0.6) is 0 Å². The van der Waals surface area contributed by atoms with E-state index in [0.717, 1.165) is 32.7 Å². The number of thioether (sulfide) groups is 1. The summed E-state index contributed by atoms with van der Waals surface area (Å²) in [6.45, 7) is 0.484. The molecule has 1 atom stereocenters. The van der Waals surface area contributed by atoms with Crippen molar-refractivity contribution < 1.29 is 9.53 Å². The lowest BCUT2D eigenvalue weighted by molar-refractivity contribution is -0.137. The van der Waals surface area contributed by atoms with Gasteiger partial charge in [-0.15, -0.1) is 0 Å². The lowest BCUT2D eigenvalue weighted by Crippen LogP contribution is -2.11. The number of carbonyl (C=O) groups is 1. The van der Waals surface area contributed by atoms with Gasteiger partial charge in [0, 0.05) is 11.8 Å². The van der Waals surface area contributed by atoms with E-state index in [2.05, 4.69) is 0 Å². The number of para-hydroxylation sites is 3. The molecule has 1 unspecified atom stereocenters. The van der Waals surface area contributed by atoms with Crippen LogP contribution in [0.1, 0.15) is 6.42 Å². The third-order valence-electron chi connectivity index (χ3n) is 4.25. The molecule has 118 valence electrons. The first-order valence-electron chi connectivity index (χ1n) is 7.80. The molecule has 0 bridgehead atoms. The van der Waals surface area contributed by atoms with Crippen molar-refractivity contribution in [1.82, 2.24) is 14.4 Å². The number of fused-ring (bicyclic) bond motifs is 5. The molecule has 3 heterocycles. The van der Waals surface area contributed by atoms with E-state index in [-0.39, 0.29) is 11.2 Å². The first kappa shape index (κ1) is 13.8. The van der Waals surface area contributed by atoms with Crippen molar-refractivity contribution in [1.29, 1.82) is 0 Å². The molecular weight excluding hydrogens is 322 g/mol. The molecule has 0 radical (unpaired) electrons. The van der Waals surface area contributed by atoms with Crippen LogP contribution in [0.2, 0.25) is 0 Å². The Morgan fingerprint density at radius 2 is 1.83 bits per heavy atom. The van der Waals surface area contributed by atoms with E-state index < -0.39 is 0 Å². The van der Waals surface area contributed by atoms with E-state index in [0.29, 0.717) is 13.0 Å². The highest BCUT2D eigenvalue weighted by Gasteiger charge is 2.29. The minimum absolute atomic E-state index is 0.160. The number of carbonyl (C=O) groups excluding carboxylic acids is 1. The predicted octanol–water partition coefficient (Wildman–Crippen LogP) is 3.44. The van der Waals surface area contributed by atoms with Gasteiger partial charge in [-0.25, -0.2) is 9.97 Å². The molecule has 1 saturated heterocycles. The standard InChI is InChI=1S/C18H13N3O2S/c22-17-15(9-10-23-17)24-18-20-12-6-2-1-5-11(12)16-19-13-7-3-4-8-14(13)21(16)18/h1-8,15H,9-10H2. The fourth-order valence-electron chi connectivity index (χ4n) is 3.10. The largest absolute Gasteiger partial charge is 0.465 e. The fourth-order valence-corrected chi connectivity index (χ4v) is 4.18. The summed E-state index contributed by atoms with van der Waals surface area (Å²) in [6, 6.07) is 16.0. The monoisotopic (exact) mass is 335 g/mol. The van der Waals surface area contributed by atoms with Gasteiger partial charge in [0.2, 0.25) is 0 Å². The fraction of sp³-hybridized carbons (Fsp3) is 0.167. The maximum absolute atomic E-state index is 11.9. The molecule has 4 aromatic rings. The van der Waals surface area contributed by atoms with E-state index in [1.807, 2.05) is 52.9 Å². The normalized spacial score (nSPS) is 17.8. The smallest absolute Gasteiger partial charge is 0.319 e. The van der Waals surface area contributed by atoms with Gasteiger partial charge in [-0.05, 0) is 24.3 Å². The van der Waals surface area contributed by atoms with Gasteiger partial charge in [0.25, 0.3) is 0 Å². The first-order valence-corrected chi connectivity index (χ1v) is 8.68. The number of rotatable bonds is 2. The second-order valence-corrected chi connectivity index (χ2v) is 6.90. The van der Waals surface area contributed by atoms with Crippen LogP contribution in [-0.2, 0) is 9.53 Å². The number of cyclic esters (lactones) is 1.